The molecule has 0 atom stereocenters. The number of carbonyl (C=O) groups excluding carboxylic acids is 1. The summed E-state index contributed by atoms with van der Waals surface area (Å²) in [6.45, 7) is 0. The van der Waals surface area contributed by atoms with E-state index in [1.165, 1.54) is 0 Å². The maximum Gasteiger partial charge on any atom is 0.319 e. The molecule has 0 aromatic carbocycles. The second-order valence-corrected chi connectivity index (χ2v) is 4.73. The van der Waals surface area contributed by atoms with Crippen LogP contribution < -0.4 is 10.6 Å². The first kappa shape index (κ1) is 13.3. The summed E-state index contributed by atoms with van der Waals surface area (Å²) in [4.78, 5) is 26.5. The van der Waals surface area contributed by atoms with Crippen molar-refractivity contribution in [3.63, 3.8) is 0 Å². The van der Waals surface area contributed by atoms with Gasteiger partial charge < -0.3 is 15.7 Å². The van der Waals surface area contributed by atoms with Crippen molar-refractivity contribution in [1.82, 2.24) is 10.3 Å². The molecule has 6 heteroatoms. The number of nitrogens with one attached hydrogen (secondary N) is 2. The molecule has 0 radical (unpaired) electrons. The van der Waals surface area contributed by atoms with Gasteiger partial charge in [0.15, 0.2) is 0 Å². The quantitative estimate of drug-likeness (QED) is 0.776. The van der Waals surface area contributed by atoms with Gasteiger partial charge in [0.05, 0.1) is 17.8 Å². The van der Waals surface area contributed by atoms with E-state index in [1.807, 2.05) is 0 Å². The second kappa shape index (κ2) is 6.17. The van der Waals surface area contributed by atoms with Crippen LogP contribution in [0.15, 0.2) is 24.5 Å². The van der Waals surface area contributed by atoms with E-state index in [1.54, 1.807) is 24.5 Å². The number of hydrogen-bond acceptors (Lipinski definition) is 3. The number of rotatable bonds is 3. The summed E-state index contributed by atoms with van der Waals surface area (Å²) in [5.41, 5.74) is 0.638. The molecule has 0 unspecified atom stereocenters. The summed E-state index contributed by atoms with van der Waals surface area (Å²) in [6, 6.07) is 3.28. The highest BCUT2D eigenvalue weighted by atomic mass is 16.4. The molecule has 2 rings (SSSR count). The third-order valence-corrected chi connectivity index (χ3v) is 3.33. The molecule has 1 aromatic heterocycles. The van der Waals surface area contributed by atoms with Crippen LogP contribution in [0, 0.1) is 5.92 Å². The maximum atomic E-state index is 11.7. The normalized spacial score (nSPS) is 22.5. The maximum absolute atomic E-state index is 11.7. The Morgan fingerprint density at radius 2 is 2.00 bits per heavy atom. The lowest BCUT2D eigenvalue weighted by molar-refractivity contribution is -0.142. The minimum absolute atomic E-state index is 0.0484. The molecule has 0 spiro atoms. The van der Waals surface area contributed by atoms with Crippen molar-refractivity contribution in [2.45, 2.75) is 31.7 Å². The van der Waals surface area contributed by atoms with Crippen molar-refractivity contribution in [1.29, 1.82) is 0 Å². The van der Waals surface area contributed by atoms with Crippen molar-refractivity contribution in [2.24, 2.45) is 5.92 Å². The number of nitrogens with zero attached hydrogens (tertiary/aromatic N) is 1. The lowest BCUT2D eigenvalue weighted by Crippen LogP contribution is -2.40. The van der Waals surface area contributed by atoms with Gasteiger partial charge in [0.1, 0.15) is 0 Å². The van der Waals surface area contributed by atoms with Crippen molar-refractivity contribution in [3.05, 3.63) is 24.5 Å². The van der Waals surface area contributed by atoms with E-state index in [0.29, 0.717) is 31.4 Å². The monoisotopic (exact) mass is 263 g/mol. The highest BCUT2D eigenvalue weighted by Crippen LogP contribution is 2.24. The molecule has 19 heavy (non-hydrogen) atoms. The summed E-state index contributed by atoms with van der Waals surface area (Å²) in [5.74, 6) is -1.00. The van der Waals surface area contributed by atoms with E-state index in [4.69, 9.17) is 5.11 Å². The standard InChI is InChI=1S/C13H17N3O3/c17-12(18)9-3-5-10(6-4-9)15-13(19)16-11-2-1-7-14-8-11/h1-2,7-10H,3-6H2,(H,17,18)(H2,15,16,19). The van der Waals surface area contributed by atoms with Crippen molar-refractivity contribution in [2.75, 3.05) is 5.32 Å². The van der Waals surface area contributed by atoms with Crippen LogP contribution >= 0.6 is 0 Å². The lowest BCUT2D eigenvalue weighted by Gasteiger charge is -2.26. The Hall–Kier alpha value is -2.11. The van der Waals surface area contributed by atoms with Gasteiger partial charge in [0, 0.05) is 12.2 Å². The molecule has 0 bridgehead atoms. The number of urea groups is 1. The number of pyridine rings is 1. The van der Waals surface area contributed by atoms with Gasteiger partial charge in [-0.2, -0.15) is 0 Å². The van der Waals surface area contributed by atoms with Crippen LogP contribution in [-0.2, 0) is 4.79 Å². The molecule has 0 aliphatic heterocycles. The molecule has 1 aromatic rings. The summed E-state index contributed by atoms with van der Waals surface area (Å²) < 4.78 is 0. The predicted octanol–water partition coefficient (Wildman–Crippen LogP) is 1.85. The van der Waals surface area contributed by atoms with E-state index >= 15 is 0 Å². The number of aromatic nitrogens is 1. The molecule has 1 aliphatic carbocycles. The fourth-order valence-electron chi connectivity index (χ4n) is 2.27. The Balaban J connectivity index is 1.76. The van der Waals surface area contributed by atoms with Crippen LogP contribution in [0.4, 0.5) is 10.5 Å². The highest BCUT2D eigenvalue weighted by Gasteiger charge is 2.26. The number of amides is 2. The van der Waals surface area contributed by atoms with E-state index in [0.717, 1.165) is 0 Å². The van der Waals surface area contributed by atoms with E-state index in [-0.39, 0.29) is 18.0 Å². The fourth-order valence-corrected chi connectivity index (χ4v) is 2.27. The molecule has 6 nitrogen and oxygen atoms in total. The van der Waals surface area contributed by atoms with Gasteiger partial charge in [0.25, 0.3) is 0 Å². The molecule has 3 N–H and O–H groups in total. The van der Waals surface area contributed by atoms with Gasteiger partial charge in [-0.1, -0.05) is 0 Å². The third kappa shape index (κ3) is 3.94. The largest absolute Gasteiger partial charge is 0.481 e. The number of hydrogen-bond donors (Lipinski definition) is 3. The number of carbonyl (C=O) groups is 2. The van der Waals surface area contributed by atoms with Gasteiger partial charge >= 0.3 is 12.0 Å². The summed E-state index contributed by atoms with van der Waals surface area (Å²) in [6.07, 6.45) is 5.85. The van der Waals surface area contributed by atoms with Crippen LogP contribution in [0.5, 0.6) is 0 Å². The summed E-state index contributed by atoms with van der Waals surface area (Å²) in [7, 11) is 0. The first-order valence-corrected chi connectivity index (χ1v) is 6.35. The van der Waals surface area contributed by atoms with Gasteiger partial charge in [-0.15, -0.1) is 0 Å². The minimum atomic E-state index is -0.738. The van der Waals surface area contributed by atoms with Gasteiger partial charge in [-0.3, -0.25) is 9.78 Å². The number of carboxylic acids is 1. The molecular weight excluding hydrogens is 246 g/mol. The number of carboxylic acid groups (broad SMARTS) is 1. The third-order valence-electron chi connectivity index (χ3n) is 3.33. The van der Waals surface area contributed by atoms with Crippen LogP contribution in [0.2, 0.25) is 0 Å². The molecule has 1 heterocycles. The van der Waals surface area contributed by atoms with Crippen molar-refractivity contribution >= 4 is 17.7 Å². The summed E-state index contributed by atoms with van der Waals surface area (Å²) >= 11 is 0. The molecule has 1 fully saturated rings. The highest BCUT2D eigenvalue weighted by molar-refractivity contribution is 5.89. The smallest absolute Gasteiger partial charge is 0.319 e. The number of anilines is 1. The number of aliphatic carboxylic acids is 1. The Morgan fingerprint density at radius 1 is 1.26 bits per heavy atom. The Bertz CT molecular complexity index is 442. The van der Waals surface area contributed by atoms with Crippen LogP contribution in [-0.4, -0.2) is 28.1 Å². The Labute approximate surface area is 111 Å². The van der Waals surface area contributed by atoms with E-state index in [2.05, 4.69) is 15.6 Å². The zero-order valence-corrected chi connectivity index (χ0v) is 10.5. The van der Waals surface area contributed by atoms with E-state index in [9.17, 15) is 9.59 Å². The van der Waals surface area contributed by atoms with Gasteiger partial charge in [-0.05, 0) is 37.8 Å². The average Bonchev–Trinajstić information content (AvgIpc) is 2.40. The van der Waals surface area contributed by atoms with E-state index < -0.39 is 5.97 Å². The predicted molar refractivity (Wildman–Crippen MR) is 69.8 cm³/mol. The topological polar surface area (TPSA) is 91.3 Å². The molecule has 1 saturated carbocycles. The average molecular weight is 263 g/mol. The van der Waals surface area contributed by atoms with Crippen molar-refractivity contribution < 1.29 is 14.7 Å². The molecule has 2 amide bonds. The Kier molecular flexibility index (Phi) is 4.33. The molecule has 0 saturated heterocycles. The van der Waals surface area contributed by atoms with Gasteiger partial charge in [0.2, 0.25) is 0 Å². The molecule has 102 valence electrons. The molecular formula is C13H17N3O3. The van der Waals surface area contributed by atoms with Crippen molar-refractivity contribution in [3.8, 4) is 0 Å². The zero-order valence-electron chi connectivity index (χ0n) is 10.5. The SMILES string of the molecule is O=C(Nc1cccnc1)NC1CCC(C(=O)O)CC1. The van der Waals surface area contributed by atoms with Crippen LogP contribution in [0.3, 0.4) is 0 Å². The zero-order chi connectivity index (χ0) is 13.7. The van der Waals surface area contributed by atoms with Gasteiger partial charge in [-0.25, -0.2) is 4.79 Å². The lowest BCUT2D eigenvalue weighted by atomic mass is 9.86. The van der Waals surface area contributed by atoms with Crippen LogP contribution in [0.25, 0.3) is 0 Å². The Morgan fingerprint density at radius 3 is 2.58 bits per heavy atom. The fraction of sp³-hybridized carbons (Fsp3) is 0.462. The van der Waals surface area contributed by atoms with Crippen LogP contribution in [0.1, 0.15) is 25.7 Å². The first-order chi connectivity index (χ1) is 9.15. The minimum Gasteiger partial charge on any atom is -0.481 e. The summed E-state index contributed by atoms with van der Waals surface area (Å²) in [5, 5.41) is 14.4. The first-order valence-electron chi connectivity index (χ1n) is 6.35. The molecule has 1 aliphatic rings. The second-order valence-electron chi connectivity index (χ2n) is 4.73.